The topological polar surface area (TPSA) is 25.8 Å². The van der Waals surface area contributed by atoms with Crippen molar-refractivity contribution in [3.8, 4) is 11.3 Å². The second-order valence-electron chi connectivity index (χ2n) is 2.36. The average molecular weight is 319 g/mol. The van der Waals surface area contributed by atoms with Gasteiger partial charge in [-0.05, 0) is 23.7 Å². The first-order valence-electron chi connectivity index (χ1n) is 3.41. The van der Waals surface area contributed by atoms with E-state index in [4.69, 9.17) is 0 Å². The van der Waals surface area contributed by atoms with Crippen LogP contribution in [0.1, 0.15) is 0 Å². The first-order chi connectivity index (χ1) is 6.25. The standard InChI is InChI=1S/C8H3Br2N2S/c9-6-1-5(2-7(10)3-6)8-4-13-12-11-8/h1-2,4H. The van der Waals surface area contributed by atoms with E-state index >= 15 is 0 Å². The lowest BCUT2D eigenvalue weighted by atomic mass is 10.2. The minimum Gasteiger partial charge on any atom is -0.138 e. The van der Waals surface area contributed by atoms with E-state index in [1.807, 2.05) is 17.5 Å². The lowest BCUT2D eigenvalue weighted by Crippen LogP contribution is -1.79. The van der Waals surface area contributed by atoms with Crippen LogP contribution in [0, 0.1) is 6.07 Å². The molecule has 0 bridgehead atoms. The van der Waals surface area contributed by atoms with Gasteiger partial charge in [-0.15, -0.1) is 5.10 Å². The number of hydrogen-bond donors (Lipinski definition) is 0. The Bertz CT molecular complexity index is 394. The van der Waals surface area contributed by atoms with Crippen molar-refractivity contribution in [3.63, 3.8) is 0 Å². The van der Waals surface area contributed by atoms with Crippen molar-refractivity contribution >= 4 is 43.4 Å². The molecule has 1 radical (unpaired) electrons. The van der Waals surface area contributed by atoms with Crippen molar-refractivity contribution in [2.75, 3.05) is 0 Å². The third kappa shape index (κ3) is 2.15. The molecular formula is C8H3Br2N2S. The van der Waals surface area contributed by atoms with Gasteiger partial charge in [0, 0.05) is 26.0 Å². The van der Waals surface area contributed by atoms with Crippen LogP contribution in [0.4, 0.5) is 0 Å². The molecule has 0 aliphatic heterocycles. The van der Waals surface area contributed by atoms with E-state index in [0.29, 0.717) is 0 Å². The number of rotatable bonds is 1. The van der Waals surface area contributed by atoms with E-state index in [1.54, 1.807) is 0 Å². The maximum atomic E-state index is 3.98. The molecule has 0 aliphatic rings. The predicted molar refractivity (Wildman–Crippen MR) is 59.6 cm³/mol. The number of hydrogen-bond acceptors (Lipinski definition) is 3. The Morgan fingerprint density at radius 3 is 2.46 bits per heavy atom. The highest BCUT2D eigenvalue weighted by Gasteiger charge is 2.03. The second-order valence-corrected chi connectivity index (χ2v) is 4.67. The predicted octanol–water partition coefficient (Wildman–Crippen LogP) is 3.53. The van der Waals surface area contributed by atoms with Gasteiger partial charge in [0.05, 0.1) is 0 Å². The highest BCUT2D eigenvalue weighted by Crippen LogP contribution is 2.26. The summed E-state index contributed by atoms with van der Waals surface area (Å²) in [6, 6.07) is 6.98. The fourth-order valence-corrected chi connectivity index (χ4v) is 2.59. The van der Waals surface area contributed by atoms with Crippen molar-refractivity contribution in [2.24, 2.45) is 0 Å². The summed E-state index contributed by atoms with van der Waals surface area (Å²) in [6.07, 6.45) is 0. The van der Waals surface area contributed by atoms with Crippen molar-refractivity contribution < 1.29 is 0 Å². The summed E-state index contributed by atoms with van der Waals surface area (Å²) in [4.78, 5) is 0. The molecule has 0 saturated carbocycles. The zero-order valence-corrected chi connectivity index (χ0v) is 10.3. The molecule has 0 aliphatic carbocycles. The smallest absolute Gasteiger partial charge is 0.105 e. The third-order valence-electron chi connectivity index (χ3n) is 1.46. The van der Waals surface area contributed by atoms with Crippen LogP contribution in [-0.4, -0.2) is 9.59 Å². The normalized spacial score (nSPS) is 10.3. The molecular weight excluding hydrogens is 316 g/mol. The molecule has 5 heteroatoms. The third-order valence-corrected chi connectivity index (χ3v) is 2.82. The lowest BCUT2D eigenvalue weighted by Gasteiger charge is -1.97. The molecule has 2 nitrogen and oxygen atoms in total. The van der Waals surface area contributed by atoms with Crippen LogP contribution in [0.5, 0.6) is 0 Å². The molecule has 0 spiro atoms. The van der Waals surface area contributed by atoms with Gasteiger partial charge in [0.15, 0.2) is 0 Å². The first-order valence-corrected chi connectivity index (χ1v) is 5.84. The van der Waals surface area contributed by atoms with E-state index < -0.39 is 0 Å². The summed E-state index contributed by atoms with van der Waals surface area (Å²) in [7, 11) is 0. The maximum Gasteiger partial charge on any atom is 0.105 e. The highest BCUT2D eigenvalue weighted by atomic mass is 79.9. The molecule has 1 heterocycles. The monoisotopic (exact) mass is 317 g/mol. The van der Waals surface area contributed by atoms with E-state index in [2.05, 4.69) is 47.5 Å². The van der Waals surface area contributed by atoms with E-state index in [9.17, 15) is 0 Å². The SMILES string of the molecule is Brc1[c]c(Br)cc(-c2csnn2)c1. The number of benzene rings is 1. The summed E-state index contributed by atoms with van der Waals surface area (Å²) in [5, 5.41) is 5.89. The van der Waals surface area contributed by atoms with Gasteiger partial charge in [0.25, 0.3) is 0 Å². The van der Waals surface area contributed by atoms with Crippen molar-refractivity contribution in [3.05, 3.63) is 32.5 Å². The minimum atomic E-state index is 0.889. The fourth-order valence-electron chi connectivity index (χ4n) is 0.939. The molecule has 0 saturated heterocycles. The highest BCUT2D eigenvalue weighted by molar-refractivity contribution is 9.11. The van der Waals surface area contributed by atoms with Crippen molar-refractivity contribution in [1.82, 2.24) is 9.59 Å². The zero-order valence-electron chi connectivity index (χ0n) is 6.29. The van der Waals surface area contributed by atoms with Crippen LogP contribution in [-0.2, 0) is 0 Å². The van der Waals surface area contributed by atoms with Gasteiger partial charge < -0.3 is 0 Å². The van der Waals surface area contributed by atoms with Gasteiger partial charge in [0.2, 0.25) is 0 Å². The zero-order chi connectivity index (χ0) is 9.26. The van der Waals surface area contributed by atoms with Gasteiger partial charge >= 0.3 is 0 Å². The summed E-state index contributed by atoms with van der Waals surface area (Å²) in [5.74, 6) is 0. The Hall–Kier alpha value is -0.260. The van der Waals surface area contributed by atoms with E-state index in [0.717, 1.165) is 20.2 Å². The molecule has 0 N–H and O–H groups in total. The second kappa shape index (κ2) is 3.86. The number of halogens is 2. The summed E-state index contributed by atoms with van der Waals surface area (Å²) < 4.78 is 5.62. The average Bonchev–Trinajstić information content (AvgIpc) is 2.53. The summed E-state index contributed by atoms with van der Waals surface area (Å²) >= 11 is 8.08. The Kier molecular flexibility index (Phi) is 2.76. The molecule has 1 aromatic carbocycles. The fraction of sp³-hybridized carbons (Fsp3) is 0. The Balaban J connectivity index is 2.53. The van der Waals surface area contributed by atoms with Gasteiger partial charge in [-0.3, -0.25) is 0 Å². The summed E-state index contributed by atoms with van der Waals surface area (Å²) in [6.45, 7) is 0. The van der Waals surface area contributed by atoms with Crippen LogP contribution in [0.15, 0.2) is 26.5 Å². The molecule has 1 aromatic heterocycles. The Morgan fingerprint density at radius 1 is 1.23 bits per heavy atom. The Morgan fingerprint density at radius 2 is 1.92 bits per heavy atom. The van der Waals surface area contributed by atoms with Crippen molar-refractivity contribution in [1.29, 1.82) is 0 Å². The summed E-state index contributed by atoms with van der Waals surface area (Å²) in [5.41, 5.74) is 1.92. The molecule has 0 unspecified atom stereocenters. The van der Waals surface area contributed by atoms with Crippen LogP contribution in [0.2, 0.25) is 0 Å². The molecule has 2 aromatic rings. The molecule has 13 heavy (non-hydrogen) atoms. The van der Waals surface area contributed by atoms with Crippen LogP contribution < -0.4 is 0 Å². The van der Waals surface area contributed by atoms with Gasteiger partial charge in [0.1, 0.15) is 5.69 Å². The van der Waals surface area contributed by atoms with E-state index in [-0.39, 0.29) is 0 Å². The molecule has 0 atom stereocenters. The van der Waals surface area contributed by atoms with Crippen LogP contribution >= 0.6 is 43.4 Å². The molecule has 0 amide bonds. The van der Waals surface area contributed by atoms with Crippen LogP contribution in [0.3, 0.4) is 0 Å². The van der Waals surface area contributed by atoms with E-state index in [1.165, 1.54) is 11.5 Å². The minimum absolute atomic E-state index is 0.889. The molecule has 65 valence electrons. The number of nitrogens with zero attached hydrogens (tertiary/aromatic N) is 2. The Labute approximate surface area is 96.4 Å². The van der Waals surface area contributed by atoms with Gasteiger partial charge in [-0.1, -0.05) is 36.3 Å². The largest absolute Gasteiger partial charge is 0.138 e. The van der Waals surface area contributed by atoms with Crippen LogP contribution in [0.25, 0.3) is 11.3 Å². The molecule has 2 rings (SSSR count). The van der Waals surface area contributed by atoms with Crippen molar-refractivity contribution in [2.45, 2.75) is 0 Å². The molecule has 0 fully saturated rings. The lowest BCUT2D eigenvalue weighted by molar-refractivity contribution is 1.16. The van der Waals surface area contributed by atoms with Gasteiger partial charge in [-0.25, -0.2) is 0 Å². The quantitative estimate of drug-likeness (QED) is 0.804. The first kappa shape index (κ1) is 9.30. The number of aromatic nitrogens is 2. The maximum absolute atomic E-state index is 3.98. The van der Waals surface area contributed by atoms with Gasteiger partial charge in [-0.2, -0.15) is 0 Å².